The van der Waals surface area contributed by atoms with Crippen LogP contribution in [0, 0.1) is 0 Å². The minimum absolute atomic E-state index is 0.0718. The number of benzene rings is 4. The molecule has 0 amide bonds. The largest absolute Gasteiger partial charge is 0.493 e. The smallest absolute Gasteiger partial charge is 0.204 e. The highest BCUT2D eigenvalue weighted by molar-refractivity contribution is 5.62. The third-order valence-electron chi connectivity index (χ3n) is 10.4. The first-order chi connectivity index (χ1) is 22.7. The van der Waals surface area contributed by atoms with Crippen LogP contribution in [-0.4, -0.2) is 72.1 Å². The van der Waals surface area contributed by atoms with Gasteiger partial charge in [0, 0.05) is 25.4 Å². The fourth-order valence-electron chi connectivity index (χ4n) is 7.61. The van der Waals surface area contributed by atoms with Crippen LogP contribution in [0.25, 0.3) is 0 Å². The minimum atomic E-state index is 0.0718. The summed E-state index contributed by atoms with van der Waals surface area (Å²) in [5.41, 5.74) is 7.27. The lowest BCUT2D eigenvalue weighted by Crippen LogP contribution is -2.48. The average Bonchev–Trinajstić information content (AvgIpc) is 3.07. The summed E-state index contributed by atoms with van der Waals surface area (Å²) in [6.45, 7) is 1.94. The number of nitrogens with zero attached hydrogens (tertiary/aromatic N) is 2. The zero-order valence-corrected chi connectivity index (χ0v) is 28.5. The molecule has 47 heavy (non-hydrogen) atoms. The van der Waals surface area contributed by atoms with Crippen LogP contribution in [0.1, 0.15) is 45.5 Å². The van der Waals surface area contributed by atoms with E-state index < -0.39 is 0 Å². The first kappa shape index (κ1) is 31.2. The Hall–Kier alpha value is -4.40. The summed E-state index contributed by atoms with van der Waals surface area (Å²) >= 11 is 0. The second-order valence-electron chi connectivity index (χ2n) is 13.5. The molecular weight excluding hydrogens is 592 g/mol. The Labute approximate surface area is 277 Å². The molecule has 6 bridgehead atoms. The van der Waals surface area contributed by atoms with Gasteiger partial charge in [-0.1, -0.05) is 18.2 Å². The molecule has 4 aliphatic heterocycles. The van der Waals surface area contributed by atoms with E-state index in [1.54, 1.807) is 28.4 Å². The van der Waals surface area contributed by atoms with Gasteiger partial charge in [0.2, 0.25) is 5.75 Å². The Morgan fingerprint density at radius 2 is 1.40 bits per heavy atom. The Kier molecular flexibility index (Phi) is 8.18. The Morgan fingerprint density at radius 3 is 2.13 bits per heavy atom. The van der Waals surface area contributed by atoms with Crippen LogP contribution in [0.15, 0.2) is 60.7 Å². The lowest BCUT2D eigenvalue weighted by molar-refractivity contribution is -0.923. The van der Waals surface area contributed by atoms with Crippen molar-refractivity contribution < 1.29 is 32.9 Å². The summed E-state index contributed by atoms with van der Waals surface area (Å²) in [6, 6.07) is 21.4. The van der Waals surface area contributed by atoms with Crippen molar-refractivity contribution in [3.63, 3.8) is 0 Å². The fraction of sp³-hybridized carbons (Fsp3) is 0.385. The molecule has 2 unspecified atom stereocenters. The molecule has 4 heterocycles. The van der Waals surface area contributed by atoms with E-state index >= 15 is 0 Å². The Balaban J connectivity index is 1.45. The van der Waals surface area contributed by atoms with Gasteiger partial charge in [-0.2, -0.15) is 0 Å². The van der Waals surface area contributed by atoms with Gasteiger partial charge in [0.15, 0.2) is 34.5 Å². The predicted molar refractivity (Wildman–Crippen MR) is 182 cm³/mol. The molecule has 8 heteroatoms. The monoisotopic (exact) mass is 637 g/mol. The number of hydrogen-bond acceptors (Lipinski definition) is 7. The van der Waals surface area contributed by atoms with Gasteiger partial charge in [0.1, 0.15) is 11.8 Å². The molecule has 4 aromatic rings. The topological polar surface area (TPSA) is 58.6 Å². The van der Waals surface area contributed by atoms with Gasteiger partial charge in [0.05, 0.1) is 54.6 Å². The van der Waals surface area contributed by atoms with Gasteiger partial charge in [0.25, 0.3) is 0 Å². The lowest BCUT2D eigenvalue weighted by Gasteiger charge is -2.43. The molecule has 0 fully saturated rings. The normalized spacial score (nSPS) is 19.7. The van der Waals surface area contributed by atoms with Gasteiger partial charge in [-0.15, -0.1) is 0 Å². The highest BCUT2D eigenvalue weighted by Gasteiger charge is 2.41. The van der Waals surface area contributed by atoms with Crippen molar-refractivity contribution in [2.45, 2.75) is 37.8 Å². The standard InChI is InChI=1S/C39H45N2O6/c1-40-16-14-26-21-33(43-5)35-23-29(26)30(40)18-24-8-11-28(12-9-24)46-39-37-27(22-36(44-6)38(39)45-7)15-17-41(2,3)31(37)19-25-10-13-32(42-4)34(20-25)47-35/h8-13,20-23,30-31H,14-19H2,1-7H3/q+1. The molecule has 0 radical (unpaired) electrons. The molecule has 0 spiro atoms. The van der Waals surface area contributed by atoms with Crippen molar-refractivity contribution in [2.24, 2.45) is 0 Å². The van der Waals surface area contributed by atoms with E-state index in [2.05, 4.69) is 80.6 Å². The molecule has 8 rings (SSSR count). The van der Waals surface area contributed by atoms with Crippen LogP contribution in [0.3, 0.4) is 0 Å². The van der Waals surface area contributed by atoms with Crippen LogP contribution in [0.4, 0.5) is 0 Å². The number of methoxy groups -OCH3 is 4. The quantitative estimate of drug-likeness (QED) is 0.218. The number of likely N-dealkylation sites (N-methyl/N-ethyl adjacent to an activating group) is 2. The number of quaternary nitrogens is 1. The summed E-state index contributed by atoms with van der Waals surface area (Å²) in [5, 5.41) is 0. The van der Waals surface area contributed by atoms with E-state index in [0.29, 0.717) is 34.5 Å². The molecule has 0 saturated carbocycles. The van der Waals surface area contributed by atoms with Gasteiger partial charge in [-0.05, 0) is 90.2 Å². The van der Waals surface area contributed by atoms with Gasteiger partial charge >= 0.3 is 0 Å². The van der Waals surface area contributed by atoms with Crippen molar-refractivity contribution in [3.05, 3.63) is 94.0 Å². The second kappa shape index (κ2) is 12.3. The number of ether oxygens (including phenoxy) is 6. The molecule has 4 aromatic carbocycles. The van der Waals surface area contributed by atoms with Crippen LogP contribution >= 0.6 is 0 Å². The highest BCUT2D eigenvalue weighted by Crippen LogP contribution is 2.52. The maximum Gasteiger partial charge on any atom is 0.204 e. The number of fused-ring (bicyclic) bond motifs is 2. The molecular formula is C39H45N2O6+. The lowest BCUT2D eigenvalue weighted by atomic mass is 9.86. The molecule has 246 valence electrons. The second-order valence-corrected chi connectivity index (χ2v) is 13.5. The maximum absolute atomic E-state index is 6.84. The van der Waals surface area contributed by atoms with Crippen molar-refractivity contribution in [2.75, 3.05) is 62.7 Å². The number of rotatable bonds is 4. The fourth-order valence-corrected chi connectivity index (χ4v) is 7.61. The van der Waals surface area contributed by atoms with Gasteiger partial charge < -0.3 is 32.9 Å². The number of hydrogen-bond donors (Lipinski definition) is 0. The van der Waals surface area contributed by atoms with E-state index in [1.165, 1.54) is 22.3 Å². The molecule has 0 N–H and O–H groups in total. The summed E-state index contributed by atoms with van der Waals surface area (Å²) in [6.07, 6.45) is 3.45. The van der Waals surface area contributed by atoms with Crippen molar-refractivity contribution >= 4 is 0 Å². The van der Waals surface area contributed by atoms with Crippen LogP contribution < -0.4 is 28.4 Å². The summed E-state index contributed by atoms with van der Waals surface area (Å²) < 4.78 is 37.9. The van der Waals surface area contributed by atoms with E-state index in [1.807, 2.05) is 6.07 Å². The van der Waals surface area contributed by atoms with E-state index in [-0.39, 0.29) is 12.1 Å². The van der Waals surface area contributed by atoms with Gasteiger partial charge in [-0.25, -0.2) is 0 Å². The van der Waals surface area contributed by atoms with Crippen LogP contribution in [0.2, 0.25) is 0 Å². The molecule has 0 aromatic heterocycles. The summed E-state index contributed by atoms with van der Waals surface area (Å²) in [7, 11) is 13.5. The van der Waals surface area contributed by atoms with E-state index in [9.17, 15) is 0 Å². The highest BCUT2D eigenvalue weighted by atomic mass is 16.5. The van der Waals surface area contributed by atoms with Gasteiger partial charge in [-0.3, -0.25) is 4.90 Å². The van der Waals surface area contributed by atoms with Crippen molar-refractivity contribution in [1.29, 1.82) is 0 Å². The first-order valence-electron chi connectivity index (χ1n) is 16.4. The molecule has 0 aliphatic carbocycles. The van der Waals surface area contributed by atoms with Crippen molar-refractivity contribution in [1.82, 2.24) is 4.90 Å². The Morgan fingerprint density at radius 1 is 0.702 bits per heavy atom. The third-order valence-corrected chi connectivity index (χ3v) is 10.4. The van der Waals surface area contributed by atoms with Crippen LogP contribution in [0.5, 0.6) is 46.0 Å². The van der Waals surface area contributed by atoms with E-state index in [0.717, 1.165) is 65.9 Å². The predicted octanol–water partition coefficient (Wildman–Crippen LogP) is 7.31. The maximum atomic E-state index is 6.84. The van der Waals surface area contributed by atoms with Crippen molar-refractivity contribution in [3.8, 4) is 46.0 Å². The summed E-state index contributed by atoms with van der Waals surface area (Å²) in [4.78, 5) is 2.43. The Bertz CT molecular complexity index is 1800. The minimum Gasteiger partial charge on any atom is -0.493 e. The molecule has 0 saturated heterocycles. The zero-order valence-electron chi connectivity index (χ0n) is 28.5. The third kappa shape index (κ3) is 5.63. The summed E-state index contributed by atoms with van der Waals surface area (Å²) in [5.74, 6) is 5.50. The average molecular weight is 638 g/mol. The van der Waals surface area contributed by atoms with E-state index in [4.69, 9.17) is 28.4 Å². The first-order valence-corrected chi connectivity index (χ1v) is 16.4. The zero-order chi connectivity index (χ0) is 32.9. The molecule has 4 aliphatic rings. The van der Waals surface area contributed by atoms with Crippen LogP contribution in [-0.2, 0) is 25.7 Å². The molecule has 2 atom stereocenters. The molecule has 8 nitrogen and oxygen atoms in total. The SMILES string of the molecule is COc1ccc2cc1Oc1cc3c(cc1OC)CCN(C)C3Cc1ccc(cc1)Oc1c(OC)c(OC)cc3c1C(C2)[N+](C)(C)CC3.